The largest absolute Gasteiger partial charge is 0.342 e. The van der Waals surface area contributed by atoms with Crippen LogP contribution in [0, 0.1) is 12.8 Å². The Balaban J connectivity index is 1.68. The number of hydrogen-bond donors (Lipinski definition) is 2. The quantitative estimate of drug-likeness (QED) is 0.467. The molecule has 0 bridgehead atoms. The Bertz CT molecular complexity index is 1120. The standard InChI is InChI=1S/C23H26ClN5O2S/c1-14(2)20(26-22(31)16-10-6-7-11-17(16)24)21-27-28-23(29(21)4)32-13-19(30)25-18-12-8-5-9-15(18)3/h5-12,14,20H,13H2,1-4H3,(H,25,30)(H,26,31)/t20-/m0/s1. The molecule has 0 saturated heterocycles. The number of amides is 2. The van der Waals surface area contributed by atoms with E-state index in [4.69, 9.17) is 11.6 Å². The molecule has 2 amide bonds. The zero-order chi connectivity index (χ0) is 23.3. The monoisotopic (exact) mass is 471 g/mol. The Morgan fingerprint density at radius 1 is 1.09 bits per heavy atom. The highest BCUT2D eigenvalue weighted by Crippen LogP contribution is 2.25. The molecule has 0 aliphatic rings. The first kappa shape index (κ1) is 23.8. The lowest BCUT2D eigenvalue weighted by atomic mass is 10.0. The molecule has 3 rings (SSSR count). The number of carbonyl (C=O) groups excluding carboxylic acids is 2. The van der Waals surface area contributed by atoms with Crippen LogP contribution in [0.15, 0.2) is 53.7 Å². The number of halogens is 1. The zero-order valence-electron chi connectivity index (χ0n) is 18.4. The second-order valence-corrected chi connectivity index (χ2v) is 9.08. The minimum atomic E-state index is -0.369. The molecule has 168 valence electrons. The van der Waals surface area contributed by atoms with Crippen LogP contribution in [-0.4, -0.2) is 32.3 Å². The molecule has 9 heteroatoms. The summed E-state index contributed by atoms with van der Waals surface area (Å²) < 4.78 is 1.81. The Morgan fingerprint density at radius 3 is 2.47 bits per heavy atom. The number of rotatable bonds is 8. The van der Waals surface area contributed by atoms with E-state index in [0.29, 0.717) is 21.6 Å². The number of anilines is 1. The summed E-state index contributed by atoms with van der Waals surface area (Å²) in [5.41, 5.74) is 2.20. The van der Waals surface area contributed by atoms with Crippen LogP contribution in [0.5, 0.6) is 0 Å². The average molecular weight is 472 g/mol. The van der Waals surface area contributed by atoms with Gasteiger partial charge in [0.25, 0.3) is 5.91 Å². The molecule has 2 N–H and O–H groups in total. The maximum atomic E-state index is 12.8. The van der Waals surface area contributed by atoms with E-state index in [1.165, 1.54) is 11.8 Å². The number of benzene rings is 2. The number of thioether (sulfide) groups is 1. The van der Waals surface area contributed by atoms with Gasteiger partial charge in [-0.2, -0.15) is 0 Å². The lowest BCUT2D eigenvalue weighted by Crippen LogP contribution is -2.33. The summed E-state index contributed by atoms with van der Waals surface area (Å²) in [7, 11) is 1.83. The maximum Gasteiger partial charge on any atom is 0.253 e. The van der Waals surface area contributed by atoms with Crippen molar-refractivity contribution in [3.8, 4) is 0 Å². The average Bonchev–Trinajstić information content (AvgIpc) is 3.12. The maximum absolute atomic E-state index is 12.8. The summed E-state index contributed by atoms with van der Waals surface area (Å²) >= 11 is 7.46. The van der Waals surface area contributed by atoms with Gasteiger partial charge in [0.2, 0.25) is 5.91 Å². The number of aromatic nitrogens is 3. The molecule has 0 radical (unpaired) electrons. The van der Waals surface area contributed by atoms with Crippen LogP contribution in [0.2, 0.25) is 5.02 Å². The summed E-state index contributed by atoms with van der Waals surface area (Å²) in [6.07, 6.45) is 0. The van der Waals surface area contributed by atoms with Crippen molar-refractivity contribution in [3.63, 3.8) is 0 Å². The van der Waals surface area contributed by atoms with Gasteiger partial charge in [-0.15, -0.1) is 10.2 Å². The van der Waals surface area contributed by atoms with Crippen LogP contribution in [0.1, 0.15) is 41.6 Å². The van der Waals surface area contributed by atoms with Gasteiger partial charge in [-0.3, -0.25) is 9.59 Å². The van der Waals surface area contributed by atoms with Crippen molar-refractivity contribution in [1.29, 1.82) is 0 Å². The number of hydrogen-bond acceptors (Lipinski definition) is 5. The Kier molecular flexibility index (Phi) is 7.93. The zero-order valence-corrected chi connectivity index (χ0v) is 20.0. The van der Waals surface area contributed by atoms with Gasteiger partial charge in [0.15, 0.2) is 11.0 Å². The molecule has 7 nitrogen and oxygen atoms in total. The number of para-hydroxylation sites is 1. The van der Waals surface area contributed by atoms with Crippen molar-refractivity contribution < 1.29 is 9.59 Å². The Morgan fingerprint density at radius 2 is 1.78 bits per heavy atom. The summed E-state index contributed by atoms with van der Waals surface area (Å²) in [4.78, 5) is 25.2. The molecule has 0 spiro atoms. The SMILES string of the molecule is Cc1ccccc1NC(=O)CSc1nnc([C@@H](NC(=O)c2ccccc2Cl)C(C)C)n1C. The summed E-state index contributed by atoms with van der Waals surface area (Å²) in [5.74, 6) is 0.470. The van der Waals surface area contributed by atoms with E-state index in [1.54, 1.807) is 24.3 Å². The fraction of sp³-hybridized carbons (Fsp3) is 0.304. The molecule has 0 saturated carbocycles. The molecule has 0 aliphatic heterocycles. The summed E-state index contributed by atoms with van der Waals surface area (Å²) in [5, 5.41) is 15.4. The lowest BCUT2D eigenvalue weighted by Gasteiger charge is -2.22. The fourth-order valence-corrected chi connectivity index (χ4v) is 4.09. The van der Waals surface area contributed by atoms with Crippen molar-refractivity contribution in [2.75, 3.05) is 11.1 Å². The van der Waals surface area contributed by atoms with E-state index in [9.17, 15) is 9.59 Å². The molecule has 2 aromatic carbocycles. The van der Waals surface area contributed by atoms with Gasteiger partial charge < -0.3 is 15.2 Å². The molecule has 0 unspecified atom stereocenters. The molecular formula is C23H26ClN5O2S. The van der Waals surface area contributed by atoms with Crippen molar-refractivity contribution >= 4 is 40.9 Å². The third-order valence-corrected chi connectivity index (χ3v) is 6.32. The van der Waals surface area contributed by atoms with Gasteiger partial charge in [-0.05, 0) is 36.6 Å². The van der Waals surface area contributed by atoms with E-state index >= 15 is 0 Å². The van der Waals surface area contributed by atoms with Crippen LogP contribution in [0.4, 0.5) is 5.69 Å². The van der Waals surface area contributed by atoms with Crippen LogP contribution in [0.3, 0.4) is 0 Å². The van der Waals surface area contributed by atoms with Crippen LogP contribution in [-0.2, 0) is 11.8 Å². The molecule has 0 fully saturated rings. The van der Waals surface area contributed by atoms with Crippen molar-refractivity contribution in [2.24, 2.45) is 13.0 Å². The normalized spacial score (nSPS) is 11.9. The Hall–Kier alpha value is -2.84. The van der Waals surface area contributed by atoms with Crippen molar-refractivity contribution in [2.45, 2.75) is 32.0 Å². The number of nitrogens with one attached hydrogen (secondary N) is 2. The second-order valence-electron chi connectivity index (χ2n) is 7.73. The van der Waals surface area contributed by atoms with Crippen LogP contribution >= 0.6 is 23.4 Å². The molecule has 0 aliphatic carbocycles. The number of aryl methyl sites for hydroxylation is 1. The first-order valence-electron chi connectivity index (χ1n) is 10.2. The van der Waals surface area contributed by atoms with E-state index < -0.39 is 0 Å². The predicted octanol–water partition coefficient (Wildman–Crippen LogP) is 4.63. The fourth-order valence-electron chi connectivity index (χ4n) is 3.15. The van der Waals surface area contributed by atoms with Gasteiger partial charge in [-0.1, -0.05) is 67.5 Å². The van der Waals surface area contributed by atoms with Gasteiger partial charge in [0.1, 0.15) is 0 Å². The van der Waals surface area contributed by atoms with Crippen molar-refractivity contribution in [1.82, 2.24) is 20.1 Å². The minimum absolute atomic E-state index is 0.0616. The third kappa shape index (κ3) is 5.69. The highest BCUT2D eigenvalue weighted by molar-refractivity contribution is 7.99. The van der Waals surface area contributed by atoms with Gasteiger partial charge in [-0.25, -0.2) is 0 Å². The summed E-state index contributed by atoms with van der Waals surface area (Å²) in [6, 6.07) is 14.2. The Labute approximate surface area is 197 Å². The first-order valence-corrected chi connectivity index (χ1v) is 11.6. The van der Waals surface area contributed by atoms with E-state index in [1.807, 2.05) is 56.7 Å². The third-order valence-electron chi connectivity index (χ3n) is 4.97. The first-order chi connectivity index (χ1) is 15.3. The molecule has 1 heterocycles. The van der Waals surface area contributed by atoms with Gasteiger partial charge in [0, 0.05) is 12.7 Å². The summed E-state index contributed by atoms with van der Waals surface area (Å²) in [6.45, 7) is 5.93. The molecule has 3 aromatic rings. The van der Waals surface area contributed by atoms with Crippen LogP contribution < -0.4 is 10.6 Å². The molecular weight excluding hydrogens is 446 g/mol. The highest BCUT2D eigenvalue weighted by atomic mass is 35.5. The predicted molar refractivity (Wildman–Crippen MR) is 128 cm³/mol. The number of carbonyl (C=O) groups is 2. The molecule has 1 aromatic heterocycles. The van der Waals surface area contributed by atoms with Gasteiger partial charge >= 0.3 is 0 Å². The molecule has 32 heavy (non-hydrogen) atoms. The topological polar surface area (TPSA) is 88.9 Å². The van der Waals surface area contributed by atoms with Crippen molar-refractivity contribution in [3.05, 3.63) is 70.5 Å². The van der Waals surface area contributed by atoms with Crippen LogP contribution in [0.25, 0.3) is 0 Å². The minimum Gasteiger partial charge on any atom is -0.342 e. The number of nitrogens with zero attached hydrogens (tertiary/aromatic N) is 3. The van der Waals surface area contributed by atoms with E-state index in [-0.39, 0.29) is 29.5 Å². The van der Waals surface area contributed by atoms with E-state index in [0.717, 1.165) is 11.3 Å². The van der Waals surface area contributed by atoms with E-state index in [2.05, 4.69) is 20.8 Å². The van der Waals surface area contributed by atoms with Gasteiger partial charge in [0.05, 0.1) is 22.4 Å². The second kappa shape index (κ2) is 10.7. The highest BCUT2D eigenvalue weighted by Gasteiger charge is 2.26. The smallest absolute Gasteiger partial charge is 0.253 e. The molecule has 1 atom stereocenters. The lowest BCUT2D eigenvalue weighted by molar-refractivity contribution is -0.113.